The monoisotopic (exact) mass is 263 g/mol. The van der Waals surface area contributed by atoms with E-state index in [9.17, 15) is 4.79 Å². The van der Waals surface area contributed by atoms with Crippen molar-refractivity contribution in [2.75, 3.05) is 20.1 Å². The molecule has 0 fully saturated rings. The van der Waals surface area contributed by atoms with Crippen LogP contribution in [0.5, 0.6) is 0 Å². The van der Waals surface area contributed by atoms with E-state index in [1.807, 2.05) is 25.1 Å². The van der Waals surface area contributed by atoms with Gasteiger partial charge in [-0.2, -0.15) is 0 Å². The van der Waals surface area contributed by atoms with Gasteiger partial charge in [-0.15, -0.1) is 0 Å². The lowest BCUT2D eigenvalue weighted by Gasteiger charge is -2.34. The Morgan fingerprint density at radius 1 is 1.37 bits per heavy atom. The van der Waals surface area contributed by atoms with Gasteiger partial charge in [0.15, 0.2) is 0 Å². The van der Waals surface area contributed by atoms with E-state index in [4.69, 9.17) is 5.73 Å². The standard InChI is InChI=1S/C15H25N3O/c1-4-10-18(11-14(19)17-3)15(12(2)16)13-8-6-5-7-9-13/h5-9,12,15H,4,10-11,16H2,1-3H3,(H,17,19). The summed E-state index contributed by atoms with van der Waals surface area (Å²) in [5, 5.41) is 2.68. The summed E-state index contributed by atoms with van der Waals surface area (Å²) in [4.78, 5) is 13.8. The number of likely N-dealkylation sites (N-methyl/N-ethyl adjacent to an activating group) is 1. The van der Waals surface area contributed by atoms with Gasteiger partial charge in [0.2, 0.25) is 5.91 Å². The molecule has 106 valence electrons. The molecule has 2 unspecified atom stereocenters. The summed E-state index contributed by atoms with van der Waals surface area (Å²) >= 11 is 0. The van der Waals surface area contributed by atoms with Crippen molar-refractivity contribution in [1.82, 2.24) is 10.2 Å². The van der Waals surface area contributed by atoms with E-state index < -0.39 is 0 Å². The van der Waals surface area contributed by atoms with Crippen molar-refractivity contribution in [2.24, 2.45) is 5.73 Å². The van der Waals surface area contributed by atoms with Crippen molar-refractivity contribution < 1.29 is 4.79 Å². The minimum absolute atomic E-state index is 0.0232. The predicted molar refractivity (Wildman–Crippen MR) is 78.8 cm³/mol. The maximum Gasteiger partial charge on any atom is 0.233 e. The van der Waals surface area contributed by atoms with Crippen molar-refractivity contribution in [1.29, 1.82) is 0 Å². The molecule has 1 rings (SSSR count). The van der Waals surface area contributed by atoms with Gasteiger partial charge in [-0.05, 0) is 25.5 Å². The van der Waals surface area contributed by atoms with Crippen molar-refractivity contribution in [3.05, 3.63) is 35.9 Å². The Hall–Kier alpha value is -1.39. The van der Waals surface area contributed by atoms with Gasteiger partial charge in [-0.25, -0.2) is 0 Å². The van der Waals surface area contributed by atoms with E-state index in [2.05, 4.69) is 29.3 Å². The van der Waals surface area contributed by atoms with Gasteiger partial charge in [0.05, 0.1) is 12.6 Å². The molecule has 0 saturated carbocycles. The number of hydrogen-bond acceptors (Lipinski definition) is 3. The second-order valence-corrected chi connectivity index (χ2v) is 4.86. The topological polar surface area (TPSA) is 58.4 Å². The van der Waals surface area contributed by atoms with Crippen LogP contribution < -0.4 is 11.1 Å². The van der Waals surface area contributed by atoms with Gasteiger partial charge in [-0.1, -0.05) is 37.3 Å². The highest BCUT2D eigenvalue weighted by atomic mass is 16.1. The molecular formula is C15H25N3O. The number of nitrogens with two attached hydrogens (primary N) is 1. The molecule has 4 nitrogen and oxygen atoms in total. The molecule has 3 N–H and O–H groups in total. The Balaban J connectivity index is 2.95. The van der Waals surface area contributed by atoms with Crippen LogP contribution in [0.2, 0.25) is 0 Å². The van der Waals surface area contributed by atoms with E-state index in [0.717, 1.165) is 18.5 Å². The summed E-state index contributed by atoms with van der Waals surface area (Å²) in [6, 6.07) is 10.2. The molecule has 0 radical (unpaired) electrons. The van der Waals surface area contributed by atoms with Crippen LogP contribution >= 0.6 is 0 Å². The van der Waals surface area contributed by atoms with Crippen LogP contribution in [0.4, 0.5) is 0 Å². The fourth-order valence-corrected chi connectivity index (χ4v) is 2.36. The highest BCUT2D eigenvalue weighted by molar-refractivity contribution is 5.77. The van der Waals surface area contributed by atoms with Crippen molar-refractivity contribution in [3.8, 4) is 0 Å². The zero-order valence-electron chi connectivity index (χ0n) is 12.1. The second-order valence-electron chi connectivity index (χ2n) is 4.86. The quantitative estimate of drug-likeness (QED) is 0.784. The van der Waals surface area contributed by atoms with Crippen LogP contribution in [0.15, 0.2) is 30.3 Å². The van der Waals surface area contributed by atoms with Gasteiger partial charge < -0.3 is 11.1 Å². The van der Waals surface area contributed by atoms with Crippen molar-refractivity contribution in [3.63, 3.8) is 0 Å². The Kier molecular flexibility index (Phi) is 6.53. The largest absolute Gasteiger partial charge is 0.358 e. The maximum absolute atomic E-state index is 11.7. The summed E-state index contributed by atoms with van der Waals surface area (Å²) in [6.07, 6.45) is 0.993. The number of benzene rings is 1. The number of nitrogens with zero attached hydrogens (tertiary/aromatic N) is 1. The van der Waals surface area contributed by atoms with E-state index in [0.29, 0.717) is 6.54 Å². The third-order valence-electron chi connectivity index (χ3n) is 3.17. The lowest BCUT2D eigenvalue weighted by Crippen LogP contribution is -2.44. The molecule has 0 aliphatic rings. The molecule has 0 spiro atoms. The molecular weight excluding hydrogens is 238 g/mol. The molecule has 1 amide bonds. The molecule has 0 heterocycles. The molecule has 1 aromatic rings. The third-order valence-corrected chi connectivity index (χ3v) is 3.17. The number of amides is 1. The summed E-state index contributed by atoms with van der Waals surface area (Å²) in [5.41, 5.74) is 7.31. The van der Waals surface area contributed by atoms with Crippen LogP contribution in [-0.4, -0.2) is 37.0 Å². The minimum Gasteiger partial charge on any atom is -0.358 e. The van der Waals surface area contributed by atoms with Crippen LogP contribution in [0, 0.1) is 0 Å². The molecule has 0 bridgehead atoms. The first-order valence-corrected chi connectivity index (χ1v) is 6.85. The van der Waals surface area contributed by atoms with Crippen molar-refractivity contribution in [2.45, 2.75) is 32.4 Å². The summed E-state index contributed by atoms with van der Waals surface area (Å²) < 4.78 is 0. The van der Waals surface area contributed by atoms with Gasteiger partial charge in [-0.3, -0.25) is 9.69 Å². The molecule has 0 aliphatic heterocycles. The first-order chi connectivity index (χ1) is 9.10. The maximum atomic E-state index is 11.7. The number of nitrogens with one attached hydrogen (secondary N) is 1. The molecule has 0 aliphatic carbocycles. The molecule has 1 aromatic carbocycles. The zero-order valence-corrected chi connectivity index (χ0v) is 12.1. The summed E-state index contributed by atoms with van der Waals surface area (Å²) in [7, 11) is 1.66. The van der Waals surface area contributed by atoms with Gasteiger partial charge >= 0.3 is 0 Å². The lowest BCUT2D eigenvalue weighted by atomic mass is 9.99. The number of rotatable bonds is 7. The fourth-order valence-electron chi connectivity index (χ4n) is 2.36. The number of carbonyl (C=O) groups is 1. The average molecular weight is 263 g/mol. The zero-order chi connectivity index (χ0) is 14.3. The number of hydrogen-bond donors (Lipinski definition) is 2. The van der Waals surface area contributed by atoms with Gasteiger partial charge in [0, 0.05) is 13.1 Å². The molecule has 2 atom stereocenters. The SMILES string of the molecule is CCCN(CC(=O)NC)C(c1ccccc1)C(C)N. The Bertz CT molecular complexity index is 378. The average Bonchev–Trinajstić information content (AvgIpc) is 2.39. The summed E-state index contributed by atoms with van der Waals surface area (Å²) in [5.74, 6) is 0.0232. The predicted octanol–water partition coefficient (Wildman–Crippen LogP) is 1.53. The Morgan fingerprint density at radius 3 is 2.47 bits per heavy atom. The van der Waals surface area contributed by atoms with E-state index in [-0.39, 0.29) is 18.0 Å². The van der Waals surface area contributed by atoms with Crippen LogP contribution in [0.1, 0.15) is 31.9 Å². The van der Waals surface area contributed by atoms with Gasteiger partial charge in [0.25, 0.3) is 0 Å². The molecule has 4 heteroatoms. The first kappa shape index (κ1) is 15.7. The normalized spacial score (nSPS) is 14.2. The van der Waals surface area contributed by atoms with E-state index in [1.54, 1.807) is 7.05 Å². The fraction of sp³-hybridized carbons (Fsp3) is 0.533. The first-order valence-electron chi connectivity index (χ1n) is 6.85. The highest BCUT2D eigenvalue weighted by Gasteiger charge is 2.24. The van der Waals surface area contributed by atoms with Crippen LogP contribution in [0.3, 0.4) is 0 Å². The van der Waals surface area contributed by atoms with Crippen molar-refractivity contribution >= 4 is 5.91 Å². The lowest BCUT2D eigenvalue weighted by molar-refractivity contribution is -0.122. The Morgan fingerprint density at radius 2 is 2.00 bits per heavy atom. The van der Waals surface area contributed by atoms with Gasteiger partial charge in [0.1, 0.15) is 0 Å². The molecule has 0 saturated heterocycles. The summed E-state index contributed by atoms with van der Waals surface area (Å²) in [6.45, 7) is 5.34. The van der Waals surface area contributed by atoms with Crippen LogP contribution in [-0.2, 0) is 4.79 Å². The highest BCUT2D eigenvalue weighted by Crippen LogP contribution is 2.23. The third kappa shape index (κ3) is 4.65. The van der Waals surface area contributed by atoms with E-state index in [1.165, 1.54) is 0 Å². The second kappa shape index (κ2) is 7.92. The smallest absolute Gasteiger partial charge is 0.233 e. The van der Waals surface area contributed by atoms with E-state index >= 15 is 0 Å². The molecule has 0 aromatic heterocycles. The molecule has 19 heavy (non-hydrogen) atoms. The van der Waals surface area contributed by atoms with Crippen LogP contribution in [0.25, 0.3) is 0 Å². The minimum atomic E-state index is -0.0291. The number of carbonyl (C=O) groups excluding carboxylic acids is 1. The Labute approximate surface area is 116 Å².